The number of carbonyl (C=O) groups is 1. The lowest BCUT2D eigenvalue weighted by Gasteiger charge is -2.23. The fourth-order valence-corrected chi connectivity index (χ4v) is 1.63. The van der Waals surface area contributed by atoms with E-state index in [9.17, 15) is 9.90 Å². The summed E-state index contributed by atoms with van der Waals surface area (Å²) in [5.74, 6) is 0.0372. The van der Waals surface area contributed by atoms with E-state index in [1.54, 1.807) is 0 Å². The molecule has 0 spiro atoms. The summed E-state index contributed by atoms with van der Waals surface area (Å²) in [4.78, 5) is 11.6. The molecule has 6 nitrogen and oxygen atoms in total. The molecule has 0 radical (unpaired) electrons. The summed E-state index contributed by atoms with van der Waals surface area (Å²) in [6, 6.07) is 0. The molecule has 0 fully saturated rings. The highest BCUT2D eigenvalue weighted by atomic mass is 16.5. The Morgan fingerprint density at radius 2 is 1.62 bits per heavy atom. The van der Waals surface area contributed by atoms with Gasteiger partial charge in [-0.25, -0.2) is 0 Å². The second kappa shape index (κ2) is 11.8. The van der Waals surface area contributed by atoms with Gasteiger partial charge in [-0.2, -0.15) is 0 Å². The predicted molar refractivity (Wildman–Crippen MR) is 95.0 cm³/mol. The number of aliphatic hydroxyl groups excluding tert-OH is 1. The first kappa shape index (κ1) is 23.3. The predicted octanol–water partition coefficient (Wildman–Crippen LogP) is 2.00. The Hall–Kier alpha value is -0.690. The molecule has 0 aliphatic carbocycles. The number of rotatable bonds is 12. The van der Waals surface area contributed by atoms with Crippen LogP contribution in [-0.2, 0) is 19.0 Å². The van der Waals surface area contributed by atoms with Gasteiger partial charge in [0.05, 0.1) is 38.6 Å². The van der Waals surface area contributed by atoms with Gasteiger partial charge in [-0.3, -0.25) is 4.79 Å². The number of ether oxygens (including phenoxy) is 3. The third-order valence-corrected chi connectivity index (χ3v) is 3.17. The van der Waals surface area contributed by atoms with Crippen molar-refractivity contribution in [2.75, 3.05) is 46.2 Å². The first-order valence-electron chi connectivity index (χ1n) is 8.75. The van der Waals surface area contributed by atoms with Crippen molar-refractivity contribution in [3.8, 4) is 0 Å². The van der Waals surface area contributed by atoms with E-state index in [0.717, 1.165) is 6.42 Å². The molecule has 2 N–H and O–H groups in total. The van der Waals surface area contributed by atoms with Gasteiger partial charge in [0.25, 0.3) is 0 Å². The molecule has 0 aromatic carbocycles. The van der Waals surface area contributed by atoms with Crippen LogP contribution in [-0.4, -0.2) is 62.8 Å². The number of hydrogen-bond donors (Lipinski definition) is 2. The molecule has 0 saturated carbocycles. The Kier molecular flexibility index (Phi) is 11.5. The highest BCUT2D eigenvalue weighted by molar-refractivity contribution is 5.81. The zero-order valence-corrected chi connectivity index (χ0v) is 16.3. The van der Waals surface area contributed by atoms with Gasteiger partial charge in [-0.05, 0) is 27.2 Å². The van der Waals surface area contributed by atoms with E-state index in [0.29, 0.717) is 39.6 Å². The van der Waals surface area contributed by atoms with Crippen LogP contribution >= 0.6 is 0 Å². The molecule has 1 amide bonds. The number of hydrogen-bond acceptors (Lipinski definition) is 5. The summed E-state index contributed by atoms with van der Waals surface area (Å²) in [6.45, 7) is 14.8. The molecular weight excluding hydrogens is 310 g/mol. The molecule has 144 valence electrons. The molecule has 0 aliphatic heterocycles. The zero-order chi connectivity index (χ0) is 18.6. The van der Waals surface area contributed by atoms with Crippen molar-refractivity contribution in [3.05, 3.63) is 0 Å². The molecule has 0 rings (SSSR count). The van der Waals surface area contributed by atoms with Crippen molar-refractivity contribution in [3.63, 3.8) is 0 Å². The highest BCUT2D eigenvalue weighted by Crippen LogP contribution is 2.12. The standard InChI is InChI=1S/C18H37NO5/c1-17(2,3)16(21)19-8-7-9-22-10-11-23-13-15(12-20)14-24-18(4,5)6/h15,20H,7-14H2,1-6H3,(H,19,21). The molecule has 1 atom stereocenters. The summed E-state index contributed by atoms with van der Waals surface area (Å²) in [5.41, 5.74) is -0.562. The maximum Gasteiger partial charge on any atom is 0.225 e. The van der Waals surface area contributed by atoms with Crippen molar-refractivity contribution in [1.29, 1.82) is 0 Å². The minimum Gasteiger partial charge on any atom is -0.396 e. The summed E-state index contributed by atoms with van der Waals surface area (Å²) in [5, 5.41) is 12.2. The lowest BCUT2D eigenvalue weighted by molar-refractivity contribution is -0.128. The molecule has 24 heavy (non-hydrogen) atoms. The maximum atomic E-state index is 11.6. The molecular formula is C18H37NO5. The van der Waals surface area contributed by atoms with Gasteiger partial charge in [-0.15, -0.1) is 0 Å². The van der Waals surface area contributed by atoms with E-state index < -0.39 is 0 Å². The Morgan fingerprint density at radius 1 is 1.00 bits per heavy atom. The smallest absolute Gasteiger partial charge is 0.225 e. The molecule has 0 aliphatic rings. The van der Waals surface area contributed by atoms with Crippen molar-refractivity contribution in [2.24, 2.45) is 11.3 Å². The topological polar surface area (TPSA) is 77.0 Å². The average Bonchev–Trinajstić information content (AvgIpc) is 2.46. The van der Waals surface area contributed by atoms with Gasteiger partial charge in [0.1, 0.15) is 0 Å². The van der Waals surface area contributed by atoms with Crippen LogP contribution in [0.25, 0.3) is 0 Å². The second-order valence-electron chi connectivity index (χ2n) is 8.02. The van der Waals surface area contributed by atoms with Crippen LogP contribution in [0.3, 0.4) is 0 Å². The zero-order valence-electron chi connectivity index (χ0n) is 16.3. The minimum atomic E-state index is -0.353. The Morgan fingerprint density at radius 3 is 2.17 bits per heavy atom. The lowest BCUT2D eigenvalue weighted by atomic mass is 9.96. The van der Waals surface area contributed by atoms with Crippen LogP contribution in [0, 0.1) is 11.3 Å². The molecule has 0 aromatic heterocycles. The molecule has 0 saturated heterocycles. The SMILES string of the molecule is CC(C)(C)OCC(CO)COCCOCCCNC(=O)C(C)(C)C. The summed E-state index contributed by atoms with van der Waals surface area (Å²) < 4.78 is 16.6. The van der Waals surface area contributed by atoms with Crippen LogP contribution in [0.15, 0.2) is 0 Å². The minimum absolute atomic E-state index is 0.0168. The normalized spacial score (nSPS) is 13.8. The summed E-state index contributed by atoms with van der Waals surface area (Å²) in [7, 11) is 0. The van der Waals surface area contributed by atoms with E-state index in [-0.39, 0.29) is 29.4 Å². The number of nitrogens with one attached hydrogen (secondary N) is 1. The molecule has 0 heterocycles. The first-order valence-corrected chi connectivity index (χ1v) is 8.75. The largest absolute Gasteiger partial charge is 0.396 e. The third-order valence-electron chi connectivity index (χ3n) is 3.17. The van der Waals surface area contributed by atoms with Crippen LogP contribution in [0.5, 0.6) is 0 Å². The van der Waals surface area contributed by atoms with Gasteiger partial charge < -0.3 is 24.6 Å². The quantitative estimate of drug-likeness (QED) is 0.528. The monoisotopic (exact) mass is 347 g/mol. The molecule has 1 unspecified atom stereocenters. The Bertz CT molecular complexity index is 333. The molecule has 0 bridgehead atoms. The van der Waals surface area contributed by atoms with Gasteiger partial charge in [0.15, 0.2) is 0 Å². The molecule has 0 aromatic rings. The summed E-state index contributed by atoms with van der Waals surface area (Å²) >= 11 is 0. The van der Waals surface area contributed by atoms with Gasteiger partial charge >= 0.3 is 0 Å². The fraction of sp³-hybridized carbons (Fsp3) is 0.944. The van der Waals surface area contributed by atoms with E-state index in [1.807, 2.05) is 41.5 Å². The van der Waals surface area contributed by atoms with Crippen LogP contribution in [0.4, 0.5) is 0 Å². The Balaban J connectivity index is 3.51. The highest BCUT2D eigenvalue weighted by Gasteiger charge is 2.20. The maximum absolute atomic E-state index is 11.6. The van der Waals surface area contributed by atoms with E-state index in [1.165, 1.54) is 0 Å². The second-order valence-corrected chi connectivity index (χ2v) is 8.02. The van der Waals surface area contributed by atoms with Crippen molar-refractivity contribution in [1.82, 2.24) is 5.32 Å². The number of amides is 1. The average molecular weight is 347 g/mol. The van der Waals surface area contributed by atoms with Crippen LogP contribution < -0.4 is 5.32 Å². The van der Waals surface area contributed by atoms with Crippen molar-refractivity contribution < 1.29 is 24.1 Å². The van der Waals surface area contributed by atoms with Crippen molar-refractivity contribution >= 4 is 5.91 Å². The van der Waals surface area contributed by atoms with Gasteiger partial charge in [0.2, 0.25) is 5.91 Å². The van der Waals surface area contributed by atoms with E-state index in [4.69, 9.17) is 14.2 Å². The van der Waals surface area contributed by atoms with Gasteiger partial charge in [0, 0.05) is 24.5 Å². The number of aliphatic hydroxyl groups is 1. The third kappa shape index (κ3) is 13.7. The van der Waals surface area contributed by atoms with E-state index >= 15 is 0 Å². The Labute approximate surface area is 147 Å². The van der Waals surface area contributed by atoms with Gasteiger partial charge in [-0.1, -0.05) is 20.8 Å². The van der Waals surface area contributed by atoms with E-state index in [2.05, 4.69) is 5.32 Å². The first-order chi connectivity index (χ1) is 11.1. The van der Waals surface area contributed by atoms with Crippen LogP contribution in [0.1, 0.15) is 48.0 Å². The van der Waals surface area contributed by atoms with Crippen molar-refractivity contribution in [2.45, 2.75) is 53.6 Å². The fourth-order valence-electron chi connectivity index (χ4n) is 1.63. The number of carbonyl (C=O) groups excluding carboxylic acids is 1. The van der Waals surface area contributed by atoms with Crippen LogP contribution in [0.2, 0.25) is 0 Å². The lowest BCUT2D eigenvalue weighted by Crippen LogP contribution is -2.35. The summed E-state index contributed by atoms with van der Waals surface area (Å²) in [6.07, 6.45) is 0.778. The molecule has 6 heteroatoms.